The highest BCUT2D eigenvalue weighted by Gasteiger charge is 2.36. The molecule has 2 N–H and O–H groups in total. The van der Waals surface area contributed by atoms with Crippen molar-refractivity contribution in [1.29, 1.82) is 0 Å². The van der Waals surface area contributed by atoms with Gasteiger partial charge < -0.3 is 9.47 Å². The summed E-state index contributed by atoms with van der Waals surface area (Å²) in [6.07, 6.45) is 0.140. The molecule has 0 aliphatic carbocycles. The van der Waals surface area contributed by atoms with Gasteiger partial charge in [-0.2, -0.15) is 0 Å². The van der Waals surface area contributed by atoms with Crippen LogP contribution in [0.5, 0.6) is 5.75 Å². The molecular weight excluding hydrogens is 269 g/mol. The summed E-state index contributed by atoms with van der Waals surface area (Å²) in [7, 11) is 1.11. The van der Waals surface area contributed by atoms with E-state index in [1.807, 2.05) is 0 Å². The van der Waals surface area contributed by atoms with Crippen LogP contribution in [-0.4, -0.2) is 25.1 Å². The van der Waals surface area contributed by atoms with Crippen molar-refractivity contribution in [3.8, 4) is 5.75 Å². The summed E-state index contributed by atoms with van der Waals surface area (Å²) in [6, 6.07) is 4.17. The van der Waals surface area contributed by atoms with Gasteiger partial charge in [0.1, 0.15) is 5.75 Å². The van der Waals surface area contributed by atoms with Crippen LogP contribution < -0.4 is 10.5 Å². The lowest BCUT2D eigenvalue weighted by Crippen LogP contribution is -2.53. The van der Waals surface area contributed by atoms with Crippen LogP contribution in [0.4, 0.5) is 0 Å². The Bertz CT molecular complexity index is 432. The molecule has 1 atom stereocenters. The van der Waals surface area contributed by atoms with E-state index in [2.05, 4.69) is 4.74 Å². The first-order valence-corrected chi connectivity index (χ1v) is 5.15. The second kappa shape index (κ2) is 5.46. The molecule has 5 nitrogen and oxygen atoms in total. The number of carbonyl (C=O) groups is 2. The van der Waals surface area contributed by atoms with Crippen LogP contribution in [0.1, 0.15) is 0 Å². The van der Waals surface area contributed by atoms with E-state index in [-0.39, 0.29) is 22.1 Å². The number of esters is 1. The monoisotopic (exact) mass is 277 g/mol. The molecule has 0 aliphatic heterocycles. The van der Waals surface area contributed by atoms with Crippen molar-refractivity contribution < 1.29 is 19.1 Å². The second-order valence-electron chi connectivity index (χ2n) is 3.11. The van der Waals surface area contributed by atoms with Crippen molar-refractivity contribution in [2.24, 2.45) is 5.73 Å². The highest BCUT2D eigenvalue weighted by molar-refractivity contribution is 6.34. The summed E-state index contributed by atoms with van der Waals surface area (Å²) < 4.78 is 9.38. The molecule has 0 saturated heterocycles. The summed E-state index contributed by atoms with van der Waals surface area (Å²) in [6.45, 7) is 0. The zero-order valence-corrected chi connectivity index (χ0v) is 10.3. The number of halogens is 2. The summed E-state index contributed by atoms with van der Waals surface area (Å²) in [4.78, 5) is 22.1. The number of aldehydes is 1. The first kappa shape index (κ1) is 13.9. The second-order valence-corrected chi connectivity index (χ2v) is 3.98. The average Bonchev–Trinajstić information content (AvgIpc) is 2.26. The molecule has 0 bridgehead atoms. The lowest BCUT2D eigenvalue weighted by atomic mass is 10.2. The predicted octanol–water partition coefficient (Wildman–Crippen LogP) is 1.40. The number of carbonyl (C=O) groups excluding carboxylic acids is 2. The zero-order chi connectivity index (χ0) is 13.1. The van der Waals surface area contributed by atoms with E-state index in [0.717, 1.165) is 7.11 Å². The molecule has 1 unspecified atom stereocenters. The summed E-state index contributed by atoms with van der Waals surface area (Å²) in [5.74, 6) is -0.991. The Balaban J connectivity index is 2.91. The van der Waals surface area contributed by atoms with Gasteiger partial charge >= 0.3 is 5.97 Å². The van der Waals surface area contributed by atoms with Crippen LogP contribution in [-0.2, 0) is 14.3 Å². The third kappa shape index (κ3) is 3.41. The zero-order valence-electron chi connectivity index (χ0n) is 8.78. The molecule has 1 aromatic rings. The quantitative estimate of drug-likeness (QED) is 0.296. The Labute approximate surface area is 107 Å². The van der Waals surface area contributed by atoms with Gasteiger partial charge in [0.05, 0.1) is 0 Å². The van der Waals surface area contributed by atoms with Gasteiger partial charge in [-0.25, -0.2) is 4.79 Å². The topological polar surface area (TPSA) is 78.6 Å². The number of rotatable bonds is 4. The SMILES string of the molecule is COC(N)(C=O)C(=O)Oc1cc(Cl)cc(Cl)c1. The molecule has 7 heteroatoms. The van der Waals surface area contributed by atoms with Crippen LogP contribution in [0.25, 0.3) is 0 Å². The van der Waals surface area contributed by atoms with E-state index in [1.54, 1.807) is 0 Å². The van der Waals surface area contributed by atoms with E-state index in [9.17, 15) is 9.59 Å². The molecule has 1 aromatic carbocycles. The first-order valence-electron chi connectivity index (χ1n) is 4.40. The fourth-order valence-corrected chi connectivity index (χ4v) is 1.46. The number of benzene rings is 1. The molecule has 0 spiro atoms. The van der Waals surface area contributed by atoms with Crippen molar-refractivity contribution in [2.75, 3.05) is 7.11 Å². The van der Waals surface area contributed by atoms with Crippen LogP contribution >= 0.6 is 23.2 Å². The normalized spacial score (nSPS) is 13.9. The molecule has 0 aromatic heterocycles. The number of hydrogen-bond acceptors (Lipinski definition) is 5. The molecule has 0 aliphatic rings. The summed E-state index contributed by atoms with van der Waals surface area (Å²) in [5, 5.41) is 0.567. The third-order valence-corrected chi connectivity index (χ3v) is 2.31. The van der Waals surface area contributed by atoms with Crippen molar-refractivity contribution in [3.63, 3.8) is 0 Å². The van der Waals surface area contributed by atoms with Gasteiger partial charge in [0, 0.05) is 17.2 Å². The Morgan fingerprint density at radius 1 is 1.35 bits per heavy atom. The van der Waals surface area contributed by atoms with Crippen molar-refractivity contribution >= 4 is 35.5 Å². The molecule has 0 heterocycles. The molecule has 0 radical (unpaired) electrons. The Morgan fingerprint density at radius 2 is 1.88 bits per heavy atom. The number of methoxy groups -OCH3 is 1. The van der Waals surface area contributed by atoms with E-state index in [0.29, 0.717) is 0 Å². The molecule has 0 fully saturated rings. The van der Waals surface area contributed by atoms with Gasteiger partial charge in [-0.05, 0) is 18.2 Å². The maximum absolute atomic E-state index is 11.5. The van der Waals surface area contributed by atoms with E-state index >= 15 is 0 Å². The fraction of sp³-hybridized carbons (Fsp3) is 0.200. The van der Waals surface area contributed by atoms with Gasteiger partial charge in [-0.1, -0.05) is 23.2 Å². The van der Waals surface area contributed by atoms with Crippen LogP contribution in [0, 0.1) is 0 Å². The number of nitrogens with two attached hydrogens (primary N) is 1. The van der Waals surface area contributed by atoms with Gasteiger partial charge in [-0.3, -0.25) is 10.5 Å². The Kier molecular flexibility index (Phi) is 4.47. The standard InChI is InChI=1S/C10H9Cl2NO4/c1-16-10(13,5-14)9(15)17-8-3-6(11)2-7(12)4-8/h2-5H,13H2,1H3. The molecule has 92 valence electrons. The van der Waals surface area contributed by atoms with Crippen LogP contribution in [0.2, 0.25) is 10.0 Å². The minimum Gasteiger partial charge on any atom is -0.423 e. The minimum atomic E-state index is -2.14. The van der Waals surface area contributed by atoms with Gasteiger partial charge in [0.25, 0.3) is 5.72 Å². The Morgan fingerprint density at radius 3 is 2.29 bits per heavy atom. The molecule has 1 rings (SSSR count). The first-order chi connectivity index (χ1) is 7.91. The third-order valence-electron chi connectivity index (χ3n) is 1.88. The minimum absolute atomic E-state index is 0.0706. The maximum Gasteiger partial charge on any atom is 0.366 e. The van der Waals surface area contributed by atoms with Crippen molar-refractivity contribution in [2.45, 2.75) is 5.72 Å². The van der Waals surface area contributed by atoms with Crippen molar-refractivity contribution in [1.82, 2.24) is 0 Å². The van der Waals surface area contributed by atoms with Gasteiger partial charge in [0.15, 0.2) is 6.29 Å². The van der Waals surface area contributed by atoms with Crippen molar-refractivity contribution in [3.05, 3.63) is 28.2 Å². The van der Waals surface area contributed by atoms with E-state index in [1.165, 1.54) is 18.2 Å². The maximum atomic E-state index is 11.5. The lowest BCUT2D eigenvalue weighted by molar-refractivity contribution is -0.160. The molecule has 0 amide bonds. The molecular formula is C10H9Cl2NO4. The van der Waals surface area contributed by atoms with Crippen LogP contribution in [0.3, 0.4) is 0 Å². The van der Waals surface area contributed by atoms with E-state index in [4.69, 9.17) is 33.7 Å². The van der Waals surface area contributed by atoms with Crippen LogP contribution in [0.15, 0.2) is 18.2 Å². The highest BCUT2D eigenvalue weighted by atomic mass is 35.5. The fourth-order valence-electron chi connectivity index (χ4n) is 0.954. The number of hydrogen-bond donors (Lipinski definition) is 1. The number of ether oxygens (including phenoxy) is 2. The predicted molar refractivity (Wildman–Crippen MR) is 62.1 cm³/mol. The van der Waals surface area contributed by atoms with Gasteiger partial charge in [-0.15, -0.1) is 0 Å². The summed E-state index contributed by atoms with van der Waals surface area (Å²) >= 11 is 11.4. The average molecular weight is 278 g/mol. The highest BCUT2D eigenvalue weighted by Crippen LogP contribution is 2.24. The largest absolute Gasteiger partial charge is 0.423 e. The Hall–Kier alpha value is -1.14. The van der Waals surface area contributed by atoms with E-state index < -0.39 is 11.7 Å². The smallest absolute Gasteiger partial charge is 0.366 e. The lowest BCUT2D eigenvalue weighted by Gasteiger charge is -2.18. The molecule has 0 saturated carbocycles. The van der Waals surface area contributed by atoms with Gasteiger partial charge in [0.2, 0.25) is 0 Å². The summed E-state index contributed by atoms with van der Waals surface area (Å²) in [5.41, 5.74) is 3.19. The molecule has 17 heavy (non-hydrogen) atoms.